The van der Waals surface area contributed by atoms with Crippen molar-refractivity contribution in [1.29, 1.82) is 0 Å². The van der Waals surface area contributed by atoms with Crippen LogP contribution in [0.5, 0.6) is 0 Å². The summed E-state index contributed by atoms with van der Waals surface area (Å²) in [5.41, 5.74) is 2.09. The molecular formula is C14H18O. The van der Waals surface area contributed by atoms with E-state index < -0.39 is 0 Å². The molecule has 4 saturated carbocycles. The molecule has 80 valence electrons. The van der Waals surface area contributed by atoms with E-state index in [1.54, 1.807) is 0 Å². The maximum Gasteiger partial charge on any atom is 0.140 e. The van der Waals surface area contributed by atoms with Crippen LogP contribution in [-0.2, 0) is 4.79 Å². The Labute approximate surface area is 90.9 Å². The third-order valence-corrected chi connectivity index (χ3v) is 5.95. The highest BCUT2D eigenvalue weighted by Gasteiger charge is 2.82. The van der Waals surface area contributed by atoms with Gasteiger partial charge in [-0.25, -0.2) is 0 Å². The number of hydrogen-bond acceptors (Lipinski definition) is 1. The molecule has 0 radical (unpaired) electrons. The third kappa shape index (κ3) is 0.636. The van der Waals surface area contributed by atoms with Crippen molar-refractivity contribution in [2.75, 3.05) is 0 Å². The number of hydrogen-bond donors (Lipinski definition) is 0. The summed E-state index contributed by atoms with van der Waals surface area (Å²) in [6, 6.07) is 0. The Bertz CT molecular complexity index is 404. The van der Waals surface area contributed by atoms with Crippen molar-refractivity contribution >= 4 is 5.78 Å². The molecule has 4 aliphatic carbocycles. The van der Waals surface area contributed by atoms with Crippen molar-refractivity contribution in [1.82, 2.24) is 0 Å². The summed E-state index contributed by atoms with van der Waals surface area (Å²) in [5.74, 6) is 2.83. The molecule has 0 unspecified atom stereocenters. The lowest BCUT2D eigenvalue weighted by Crippen LogP contribution is -2.27. The number of ketones is 1. The van der Waals surface area contributed by atoms with E-state index >= 15 is 0 Å². The van der Waals surface area contributed by atoms with Crippen LogP contribution in [0.25, 0.3) is 0 Å². The van der Waals surface area contributed by atoms with Crippen molar-refractivity contribution in [3.05, 3.63) is 12.2 Å². The molecule has 4 rings (SSSR count). The van der Waals surface area contributed by atoms with E-state index in [9.17, 15) is 4.79 Å². The van der Waals surface area contributed by atoms with Gasteiger partial charge < -0.3 is 0 Å². The van der Waals surface area contributed by atoms with E-state index in [-0.39, 0.29) is 5.41 Å². The van der Waals surface area contributed by atoms with E-state index in [4.69, 9.17) is 0 Å². The lowest BCUT2D eigenvalue weighted by molar-refractivity contribution is -0.123. The van der Waals surface area contributed by atoms with Crippen LogP contribution in [-0.4, -0.2) is 5.78 Å². The predicted octanol–water partition coefficient (Wildman–Crippen LogP) is 2.81. The lowest BCUT2D eigenvalue weighted by atomic mass is 9.72. The number of carbonyl (C=O) groups is 1. The second kappa shape index (κ2) is 1.97. The summed E-state index contributed by atoms with van der Waals surface area (Å²) in [6.45, 7) is 9.01. The van der Waals surface area contributed by atoms with Crippen molar-refractivity contribution in [2.45, 2.75) is 33.1 Å². The monoisotopic (exact) mass is 202 g/mol. The fourth-order valence-electron chi connectivity index (χ4n) is 5.67. The van der Waals surface area contributed by atoms with Crippen LogP contribution in [0.2, 0.25) is 0 Å². The molecule has 0 aliphatic heterocycles. The molecule has 0 N–H and O–H groups in total. The average Bonchev–Trinajstić information content (AvgIpc) is 2.71. The second-order valence-corrected chi connectivity index (χ2v) is 6.88. The molecule has 0 saturated heterocycles. The van der Waals surface area contributed by atoms with Crippen LogP contribution in [0.4, 0.5) is 0 Å². The molecule has 1 spiro atoms. The number of fused-ring (bicyclic) bond motifs is 1. The summed E-state index contributed by atoms with van der Waals surface area (Å²) < 4.78 is 0. The Morgan fingerprint density at radius 2 is 2.07 bits per heavy atom. The lowest BCUT2D eigenvalue weighted by Gasteiger charge is -2.31. The molecule has 0 aromatic rings. The highest BCUT2D eigenvalue weighted by Crippen LogP contribution is 2.84. The van der Waals surface area contributed by atoms with Gasteiger partial charge in [-0.1, -0.05) is 26.0 Å². The summed E-state index contributed by atoms with van der Waals surface area (Å²) in [4.78, 5) is 12.3. The van der Waals surface area contributed by atoms with Gasteiger partial charge in [0, 0.05) is 17.3 Å². The quantitative estimate of drug-likeness (QED) is 0.552. The van der Waals surface area contributed by atoms with Gasteiger partial charge in [-0.2, -0.15) is 0 Å². The molecular weight excluding hydrogens is 184 g/mol. The molecule has 1 nitrogen and oxygen atoms in total. The number of carbonyl (C=O) groups excluding carboxylic acids is 1. The molecule has 4 aliphatic rings. The molecule has 5 atom stereocenters. The number of Topliss-reactive ketones (excluding diaryl/α,β-unsaturated/α-hetero) is 1. The fourth-order valence-corrected chi connectivity index (χ4v) is 5.67. The van der Waals surface area contributed by atoms with Crippen molar-refractivity contribution in [2.24, 2.45) is 34.5 Å². The van der Waals surface area contributed by atoms with Gasteiger partial charge >= 0.3 is 0 Å². The minimum atomic E-state index is 0.274. The zero-order valence-corrected chi connectivity index (χ0v) is 9.55. The summed E-state index contributed by atoms with van der Waals surface area (Å²) in [6.07, 6.45) is 3.46. The largest absolute Gasteiger partial charge is 0.299 e. The van der Waals surface area contributed by atoms with Gasteiger partial charge in [-0.3, -0.25) is 4.79 Å². The molecule has 0 aromatic carbocycles. The Balaban J connectivity index is 1.93. The predicted molar refractivity (Wildman–Crippen MR) is 58.2 cm³/mol. The fraction of sp³-hybridized carbons (Fsp3) is 0.786. The van der Waals surface area contributed by atoms with E-state index in [0.717, 1.165) is 12.8 Å². The molecule has 0 bridgehead atoms. The topological polar surface area (TPSA) is 17.1 Å². The molecule has 1 heteroatoms. The SMILES string of the molecule is C=C1CC[C@H]2C(=O)[C@@H]3[C@H]4[C@@H]3[C@@]12CC4(C)C. The average molecular weight is 202 g/mol. The first kappa shape index (κ1) is 8.55. The van der Waals surface area contributed by atoms with E-state index in [2.05, 4.69) is 20.4 Å². The van der Waals surface area contributed by atoms with Crippen LogP contribution in [0.15, 0.2) is 12.2 Å². The minimum absolute atomic E-state index is 0.274. The normalized spacial score (nSPS) is 58.3. The Kier molecular flexibility index (Phi) is 1.12. The van der Waals surface area contributed by atoms with Crippen molar-refractivity contribution in [3.63, 3.8) is 0 Å². The summed E-state index contributed by atoms with van der Waals surface area (Å²) >= 11 is 0. The van der Waals surface area contributed by atoms with Gasteiger partial charge in [0.2, 0.25) is 0 Å². The third-order valence-electron chi connectivity index (χ3n) is 5.95. The van der Waals surface area contributed by atoms with Crippen molar-refractivity contribution < 1.29 is 4.79 Å². The van der Waals surface area contributed by atoms with E-state index in [1.807, 2.05) is 0 Å². The van der Waals surface area contributed by atoms with E-state index in [1.165, 1.54) is 12.0 Å². The maximum absolute atomic E-state index is 12.3. The zero-order chi connectivity index (χ0) is 10.6. The van der Waals surface area contributed by atoms with Crippen LogP contribution in [0.3, 0.4) is 0 Å². The van der Waals surface area contributed by atoms with Gasteiger partial charge in [0.15, 0.2) is 0 Å². The van der Waals surface area contributed by atoms with Gasteiger partial charge in [0.25, 0.3) is 0 Å². The van der Waals surface area contributed by atoms with Gasteiger partial charge in [-0.05, 0) is 36.5 Å². The second-order valence-electron chi connectivity index (χ2n) is 6.88. The number of allylic oxidation sites excluding steroid dienone is 1. The molecule has 0 amide bonds. The van der Waals surface area contributed by atoms with Gasteiger partial charge in [-0.15, -0.1) is 0 Å². The molecule has 4 fully saturated rings. The summed E-state index contributed by atoms with van der Waals surface area (Å²) in [7, 11) is 0. The zero-order valence-electron chi connectivity index (χ0n) is 9.55. The highest BCUT2D eigenvalue weighted by atomic mass is 16.1. The van der Waals surface area contributed by atoms with Gasteiger partial charge in [0.05, 0.1) is 0 Å². The molecule has 0 heterocycles. The number of rotatable bonds is 0. The smallest absolute Gasteiger partial charge is 0.140 e. The first-order valence-electron chi connectivity index (χ1n) is 6.22. The van der Waals surface area contributed by atoms with E-state index in [0.29, 0.717) is 34.9 Å². The Hall–Kier alpha value is -0.590. The Morgan fingerprint density at radius 1 is 1.33 bits per heavy atom. The van der Waals surface area contributed by atoms with Crippen LogP contribution < -0.4 is 0 Å². The Morgan fingerprint density at radius 3 is 2.80 bits per heavy atom. The first-order chi connectivity index (χ1) is 7.00. The first-order valence-corrected chi connectivity index (χ1v) is 6.22. The standard InChI is InChI=1S/C14H18O/c1-7-4-5-8-12(15)9-10-11(9)14(7,8)6-13(10,2)3/h8-11H,1,4-6H2,2-3H3/t8-,9+,10-,11+,14-/m0/s1. The van der Waals surface area contributed by atoms with Crippen LogP contribution in [0.1, 0.15) is 33.1 Å². The minimum Gasteiger partial charge on any atom is -0.299 e. The van der Waals surface area contributed by atoms with Crippen LogP contribution in [0, 0.1) is 34.5 Å². The molecule has 15 heavy (non-hydrogen) atoms. The molecule has 0 aromatic heterocycles. The maximum atomic E-state index is 12.3. The van der Waals surface area contributed by atoms with Crippen LogP contribution >= 0.6 is 0 Å². The summed E-state index contributed by atoms with van der Waals surface area (Å²) in [5, 5.41) is 0. The highest BCUT2D eigenvalue weighted by molar-refractivity contribution is 5.93. The van der Waals surface area contributed by atoms with Crippen molar-refractivity contribution in [3.8, 4) is 0 Å². The van der Waals surface area contributed by atoms with Gasteiger partial charge in [0.1, 0.15) is 5.78 Å².